The molecule has 0 unspecified atom stereocenters. The molecule has 8 nitrogen and oxygen atoms in total. The number of rotatable bonds is 6. The van der Waals surface area contributed by atoms with Crippen molar-refractivity contribution in [3.05, 3.63) is 129 Å². The molecule has 3 fully saturated rings. The second-order valence-corrected chi connectivity index (χ2v) is 14.5. The molecule has 51 heavy (non-hydrogen) atoms. The lowest BCUT2D eigenvalue weighted by atomic mass is 9.49. The highest BCUT2D eigenvalue weighted by molar-refractivity contribution is 6.33. The number of allylic oxidation sites excluding steroid dienone is 2. The van der Waals surface area contributed by atoms with Gasteiger partial charge in [-0.25, -0.2) is 4.90 Å². The van der Waals surface area contributed by atoms with Gasteiger partial charge in [-0.1, -0.05) is 90.3 Å². The molecule has 6 atom stereocenters. The van der Waals surface area contributed by atoms with Crippen LogP contribution in [0, 0.1) is 23.7 Å². The van der Waals surface area contributed by atoms with Gasteiger partial charge < -0.3 is 9.84 Å². The van der Waals surface area contributed by atoms with Gasteiger partial charge in [0.15, 0.2) is 11.5 Å². The zero-order valence-electron chi connectivity index (χ0n) is 27.9. The van der Waals surface area contributed by atoms with Crippen molar-refractivity contribution in [2.75, 3.05) is 16.9 Å². The Morgan fingerprint density at radius 2 is 1.57 bits per heavy atom. The number of phenols is 1. The minimum absolute atomic E-state index is 0.0119. The molecule has 4 amide bonds. The predicted octanol–water partition coefficient (Wildman–Crippen LogP) is 7.64. The Balaban J connectivity index is 1.36. The number of carbonyl (C=O) groups is 4. The Bertz CT molecular complexity index is 2150. The van der Waals surface area contributed by atoms with Crippen LogP contribution in [0.4, 0.5) is 11.4 Å². The van der Waals surface area contributed by atoms with Crippen LogP contribution in [0.25, 0.3) is 0 Å². The highest BCUT2D eigenvalue weighted by Gasteiger charge is 2.70. The second kappa shape index (κ2) is 12.4. The van der Waals surface area contributed by atoms with Gasteiger partial charge in [0.1, 0.15) is 0 Å². The van der Waals surface area contributed by atoms with Gasteiger partial charge in [0.05, 0.1) is 46.7 Å². The second-order valence-electron chi connectivity index (χ2n) is 13.7. The summed E-state index contributed by atoms with van der Waals surface area (Å²) < 4.78 is 5.54. The van der Waals surface area contributed by atoms with Gasteiger partial charge in [-0.15, -0.1) is 0 Å². The summed E-state index contributed by atoms with van der Waals surface area (Å²) in [5.41, 5.74) is 2.39. The number of hydrogen-bond donors (Lipinski definition) is 1. The van der Waals surface area contributed by atoms with Crippen molar-refractivity contribution in [2.24, 2.45) is 23.7 Å². The fourth-order valence-electron chi connectivity index (χ4n) is 9.17. The lowest BCUT2D eigenvalue weighted by Crippen LogP contribution is -2.53. The number of phenolic OH excluding ortho intramolecular Hbond substituents is 1. The zero-order chi connectivity index (χ0) is 35.8. The lowest BCUT2D eigenvalue weighted by molar-refractivity contribution is -0.127. The van der Waals surface area contributed by atoms with Crippen LogP contribution >= 0.6 is 23.2 Å². The molecule has 258 valence electrons. The molecular weight excluding hydrogens is 687 g/mol. The predicted molar refractivity (Wildman–Crippen MR) is 194 cm³/mol. The minimum Gasteiger partial charge on any atom is -0.503 e. The molecule has 4 aromatic carbocycles. The Morgan fingerprint density at radius 1 is 0.824 bits per heavy atom. The van der Waals surface area contributed by atoms with Crippen molar-refractivity contribution in [2.45, 2.75) is 37.5 Å². The van der Waals surface area contributed by atoms with Crippen molar-refractivity contribution in [1.29, 1.82) is 0 Å². The molecule has 4 aromatic rings. The van der Waals surface area contributed by atoms with Crippen LogP contribution in [-0.2, 0) is 31.0 Å². The molecule has 2 saturated heterocycles. The first-order valence-corrected chi connectivity index (χ1v) is 17.8. The Morgan fingerprint density at radius 3 is 2.25 bits per heavy atom. The monoisotopic (exact) mass is 720 g/mol. The first-order valence-electron chi connectivity index (χ1n) is 17.0. The van der Waals surface area contributed by atoms with E-state index in [4.69, 9.17) is 27.9 Å². The molecule has 2 aliphatic heterocycles. The van der Waals surface area contributed by atoms with Crippen LogP contribution in [0.1, 0.15) is 42.4 Å². The van der Waals surface area contributed by atoms with Gasteiger partial charge in [-0.2, -0.15) is 0 Å². The van der Waals surface area contributed by atoms with Gasteiger partial charge >= 0.3 is 0 Å². The minimum atomic E-state index is -1.48. The molecule has 2 aliphatic carbocycles. The van der Waals surface area contributed by atoms with Crippen LogP contribution in [0.3, 0.4) is 0 Å². The van der Waals surface area contributed by atoms with E-state index >= 15 is 4.79 Å². The quantitative estimate of drug-likeness (QED) is 0.162. The fourth-order valence-corrected chi connectivity index (χ4v) is 9.57. The maximum absolute atomic E-state index is 15.4. The van der Waals surface area contributed by atoms with Gasteiger partial charge in [0, 0.05) is 10.9 Å². The number of methoxy groups -OCH3 is 1. The van der Waals surface area contributed by atoms with Crippen molar-refractivity contribution in [1.82, 2.24) is 0 Å². The summed E-state index contributed by atoms with van der Waals surface area (Å²) in [5, 5.41) is 11.2. The molecular formula is C41H34Cl2N2O6. The van der Waals surface area contributed by atoms with Gasteiger partial charge in [-0.3, -0.25) is 24.1 Å². The van der Waals surface area contributed by atoms with Gasteiger partial charge in [0.25, 0.3) is 0 Å². The molecule has 0 aromatic heterocycles. The van der Waals surface area contributed by atoms with E-state index in [0.717, 1.165) is 17.6 Å². The molecule has 0 radical (unpaired) electrons. The Kier molecular flexibility index (Phi) is 8.07. The van der Waals surface area contributed by atoms with Gasteiger partial charge in [0.2, 0.25) is 23.6 Å². The third-order valence-corrected chi connectivity index (χ3v) is 11.9. The average molecular weight is 722 g/mol. The van der Waals surface area contributed by atoms with Crippen molar-refractivity contribution in [3.8, 4) is 11.5 Å². The number of ether oxygens (including phenoxy) is 1. The summed E-state index contributed by atoms with van der Waals surface area (Å²) in [6.45, 7) is 2.04. The first kappa shape index (κ1) is 33.2. The first-order chi connectivity index (χ1) is 24.6. The molecule has 0 spiro atoms. The SMILES string of the molecule is CCc1ccc(N2C(=O)[C@H]3[C@H](CC=C4[C@H]3C[C@H]3C(=O)N(c5cccc(Cl)c5)C(=O)[C@@]3(c3ccccc3)[C@H]4c3cc(Cl)c(O)c(OC)c3)C2=O)cc1. The summed E-state index contributed by atoms with van der Waals surface area (Å²) >= 11 is 13.0. The molecule has 0 bridgehead atoms. The average Bonchev–Trinajstić information content (AvgIpc) is 3.53. The zero-order valence-corrected chi connectivity index (χ0v) is 29.4. The highest BCUT2D eigenvalue weighted by atomic mass is 35.5. The van der Waals surface area contributed by atoms with E-state index in [-0.39, 0.29) is 41.2 Å². The number of carbonyl (C=O) groups excluding carboxylic acids is 4. The van der Waals surface area contributed by atoms with E-state index in [0.29, 0.717) is 27.5 Å². The number of anilines is 2. The van der Waals surface area contributed by atoms with Gasteiger partial charge in [-0.05, 0) is 84.3 Å². The fraction of sp³-hybridized carbons (Fsp3) is 0.268. The van der Waals surface area contributed by atoms with Crippen LogP contribution in [0.2, 0.25) is 10.0 Å². The number of imide groups is 2. The number of aromatic hydroxyl groups is 1. The topological polar surface area (TPSA) is 104 Å². The molecule has 8 rings (SSSR count). The number of amides is 4. The standard InChI is InChI=1S/C41H34Cl2N2O6/c1-3-22-12-14-26(15-13-22)44-37(47)29-17-16-28-30(34(29)39(44)49)21-31-38(48)45(27-11-7-10-25(42)20-27)40(50)41(31,24-8-5-4-6-9-24)35(28)23-18-32(43)36(46)33(19-23)51-2/h4-16,18-20,29-31,34-35,46H,3,17,21H2,1-2H3/t29-,30+,31-,34-,35-,41+/m0/s1. The van der Waals surface area contributed by atoms with Crippen molar-refractivity contribution in [3.63, 3.8) is 0 Å². The lowest BCUT2D eigenvalue weighted by Gasteiger charge is -2.50. The van der Waals surface area contributed by atoms with E-state index in [2.05, 4.69) is 0 Å². The maximum atomic E-state index is 15.4. The third-order valence-electron chi connectivity index (χ3n) is 11.4. The Hall–Kier alpha value is -4.92. The van der Waals surface area contributed by atoms with E-state index in [1.807, 2.05) is 55.5 Å². The smallest absolute Gasteiger partial charge is 0.246 e. The van der Waals surface area contributed by atoms with Crippen LogP contribution in [0.5, 0.6) is 11.5 Å². The number of benzene rings is 4. The number of hydrogen-bond acceptors (Lipinski definition) is 6. The van der Waals surface area contributed by atoms with Crippen LogP contribution in [-0.4, -0.2) is 35.8 Å². The van der Waals surface area contributed by atoms with E-state index in [1.54, 1.807) is 48.5 Å². The summed E-state index contributed by atoms with van der Waals surface area (Å²) in [6.07, 6.45) is 3.24. The summed E-state index contributed by atoms with van der Waals surface area (Å²) in [7, 11) is 1.41. The van der Waals surface area contributed by atoms with E-state index < -0.39 is 46.8 Å². The number of nitrogens with zero attached hydrogens (tertiary/aromatic N) is 2. The number of aryl methyl sites for hydroxylation is 1. The summed E-state index contributed by atoms with van der Waals surface area (Å²) in [4.78, 5) is 61.4. The van der Waals surface area contributed by atoms with Crippen LogP contribution in [0.15, 0.2) is 103 Å². The Labute approximate surface area is 305 Å². The molecule has 10 heteroatoms. The van der Waals surface area contributed by atoms with E-state index in [1.165, 1.54) is 16.9 Å². The van der Waals surface area contributed by atoms with Crippen molar-refractivity contribution >= 4 is 58.2 Å². The summed E-state index contributed by atoms with van der Waals surface area (Å²) in [6, 6.07) is 26.5. The third kappa shape index (κ3) is 4.80. The molecule has 2 heterocycles. The van der Waals surface area contributed by atoms with E-state index in [9.17, 15) is 19.5 Å². The normalized spacial score (nSPS) is 26.9. The number of fused-ring (bicyclic) bond motifs is 4. The largest absolute Gasteiger partial charge is 0.503 e. The molecule has 4 aliphatic rings. The van der Waals surface area contributed by atoms with Crippen LogP contribution < -0.4 is 14.5 Å². The van der Waals surface area contributed by atoms with Crippen molar-refractivity contribution < 1.29 is 29.0 Å². The molecule has 1 saturated carbocycles. The highest BCUT2D eigenvalue weighted by Crippen LogP contribution is 2.65. The molecule has 1 N–H and O–H groups in total. The number of halogens is 2. The summed E-state index contributed by atoms with van der Waals surface area (Å²) in [5.74, 6) is -5.29. The maximum Gasteiger partial charge on any atom is 0.246 e.